The molecule has 0 aliphatic rings. The third kappa shape index (κ3) is 5.86. The van der Waals surface area contributed by atoms with E-state index in [2.05, 4.69) is 26.1 Å². The van der Waals surface area contributed by atoms with E-state index < -0.39 is 0 Å². The van der Waals surface area contributed by atoms with Crippen LogP contribution in [-0.2, 0) is 0 Å². The van der Waals surface area contributed by atoms with E-state index in [1.807, 2.05) is 36.4 Å². The molecule has 0 spiro atoms. The maximum atomic E-state index is 11.9. The van der Waals surface area contributed by atoms with Gasteiger partial charge in [-0.25, -0.2) is 0 Å². The van der Waals surface area contributed by atoms with Crippen molar-refractivity contribution in [1.29, 1.82) is 0 Å². The van der Waals surface area contributed by atoms with Crippen molar-refractivity contribution in [2.75, 3.05) is 6.54 Å². The molecular formula is C18H25NO2. The average Bonchev–Trinajstić information content (AvgIpc) is 3.03. The van der Waals surface area contributed by atoms with Gasteiger partial charge in [0.25, 0.3) is 5.91 Å². The van der Waals surface area contributed by atoms with Crippen LogP contribution in [0.2, 0.25) is 0 Å². The van der Waals surface area contributed by atoms with Crippen molar-refractivity contribution in [3.05, 3.63) is 48.2 Å². The van der Waals surface area contributed by atoms with Crippen LogP contribution in [0.1, 0.15) is 50.4 Å². The van der Waals surface area contributed by atoms with Crippen molar-refractivity contribution in [3.8, 4) is 11.3 Å². The number of rotatable bonds is 5. The summed E-state index contributed by atoms with van der Waals surface area (Å²) in [6.07, 6.45) is 4.96. The van der Waals surface area contributed by atoms with Crippen LogP contribution in [0.25, 0.3) is 11.3 Å². The minimum Gasteiger partial charge on any atom is -0.464 e. The van der Waals surface area contributed by atoms with Crippen LogP contribution < -0.4 is 5.32 Å². The number of nitrogens with one attached hydrogen (secondary N) is 1. The molecule has 1 amide bonds. The number of hydrogen-bond donors (Lipinski definition) is 1. The van der Waals surface area contributed by atoms with Crippen molar-refractivity contribution >= 4 is 5.91 Å². The largest absolute Gasteiger partial charge is 0.464 e. The van der Waals surface area contributed by atoms with Gasteiger partial charge in [0, 0.05) is 17.7 Å². The zero-order valence-electron chi connectivity index (χ0n) is 13.2. The molecule has 0 aliphatic heterocycles. The molecule has 21 heavy (non-hydrogen) atoms. The SMILES string of the molecule is CCC.CCCCNC(=O)c1cccc(-c2ccco2)c1. The number of benzene rings is 1. The molecule has 1 heterocycles. The molecule has 3 heteroatoms. The van der Waals surface area contributed by atoms with E-state index in [9.17, 15) is 4.79 Å². The molecule has 114 valence electrons. The van der Waals surface area contributed by atoms with Gasteiger partial charge in [-0.1, -0.05) is 45.7 Å². The van der Waals surface area contributed by atoms with Gasteiger partial charge in [0.1, 0.15) is 5.76 Å². The number of furan rings is 1. The minimum atomic E-state index is -0.0307. The first-order valence-electron chi connectivity index (χ1n) is 7.65. The number of unbranched alkanes of at least 4 members (excludes halogenated alkanes) is 1. The van der Waals surface area contributed by atoms with Crippen LogP contribution in [0.3, 0.4) is 0 Å². The summed E-state index contributed by atoms with van der Waals surface area (Å²) in [5.74, 6) is 0.745. The molecule has 2 aromatic rings. The van der Waals surface area contributed by atoms with Crippen molar-refractivity contribution in [2.24, 2.45) is 0 Å². The highest BCUT2D eigenvalue weighted by Crippen LogP contribution is 2.20. The zero-order valence-corrected chi connectivity index (χ0v) is 13.2. The molecule has 0 radical (unpaired) electrons. The van der Waals surface area contributed by atoms with E-state index in [1.165, 1.54) is 6.42 Å². The summed E-state index contributed by atoms with van der Waals surface area (Å²) < 4.78 is 5.32. The number of amides is 1. The molecule has 2 rings (SSSR count). The van der Waals surface area contributed by atoms with Crippen LogP contribution in [0.5, 0.6) is 0 Å². The fourth-order valence-electron chi connectivity index (χ4n) is 1.74. The number of hydrogen-bond acceptors (Lipinski definition) is 2. The first-order valence-corrected chi connectivity index (χ1v) is 7.65. The molecule has 0 fully saturated rings. The molecular weight excluding hydrogens is 262 g/mol. The molecule has 1 aromatic heterocycles. The fraction of sp³-hybridized carbons (Fsp3) is 0.389. The van der Waals surface area contributed by atoms with Gasteiger partial charge in [0.2, 0.25) is 0 Å². The van der Waals surface area contributed by atoms with Gasteiger partial charge < -0.3 is 9.73 Å². The molecule has 1 N–H and O–H groups in total. The minimum absolute atomic E-state index is 0.0307. The monoisotopic (exact) mass is 287 g/mol. The van der Waals surface area contributed by atoms with Gasteiger partial charge in [-0.3, -0.25) is 4.79 Å². The van der Waals surface area contributed by atoms with Gasteiger partial charge in [-0.15, -0.1) is 0 Å². The molecule has 0 unspecified atom stereocenters. The molecule has 3 nitrogen and oxygen atoms in total. The normalized spacial score (nSPS) is 9.67. The van der Waals surface area contributed by atoms with Crippen molar-refractivity contribution in [2.45, 2.75) is 40.0 Å². The van der Waals surface area contributed by atoms with Crippen LogP contribution >= 0.6 is 0 Å². The quantitative estimate of drug-likeness (QED) is 0.795. The first-order chi connectivity index (χ1) is 10.2. The second-order valence-electron chi connectivity index (χ2n) is 4.87. The van der Waals surface area contributed by atoms with Gasteiger partial charge in [0.15, 0.2) is 0 Å². The molecule has 0 saturated carbocycles. The highest BCUT2D eigenvalue weighted by atomic mass is 16.3. The molecule has 0 atom stereocenters. The predicted octanol–water partition coefficient (Wildman–Crippen LogP) is 4.89. The Morgan fingerprint density at radius 1 is 1.14 bits per heavy atom. The number of carbonyl (C=O) groups is 1. The lowest BCUT2D eigenvalue weighted by Crippen LogP contribution is -2.24. The molecule has 0 bridgehead atoms. The molecule has 0 aliphatic carbocycles. The van der Waals surface area contributed by atoms with E-state index in [4.69, 9.17) is 4.42 Å². The Labute approximate surface area is 127 Å². The van der Waals surface area contributed by atoms with Crippen LogP contribution in [0, 0.1) is 0 Å². The lowest BCUT2D eigenvalue weighted by atomic mass is 10.1. The predicted molar refractivity (Wildman–Crippen MR) is 87.4 cm³/mol. The van der Waals surface area contributed by atoms with Crippen molar-refractivity contribution in [1.82, 2.24) is 5.32 Å². The standard InChI is InChI=1S/C15H17NO2.C3H8/c1-2-3-9-16-15(17)13-7-4-6-12(11-13)14-8-5-10-18-14;1-3-2/h4-8,10-11H,2-3,9H2,1H3,(H,16,17);3H2,1-2H3. The summed E-state index contributed by atoms with van der Waals surface area (Å²) in [5, 5.41) is 2.90. The van der Waals surface area contributed by atoms with Gasteiger partial charge in [0.05, 0.1) is 6.26 Å². The van der Waals surface area contributed by atoms with Gasteiger partial charge in [-0.05, 0) is 30.7 Å². The van der Waals surface area contributed by atoms with Crippen molar-refractivity contribution in [3.63, 3.8) is 0 Å². The summed E-state index contributed by atoms with van der Waals surface area (Å²) in [5.41, 5.74) is 1.59. The number of carbonyl (C=O) groups excluding carboxylic acids is 1. The lowest BCUT2D eigenvalue weighted by molar-refractivity contribution is 0.0953. The summed E-state index contributed by atoms with van der Waals surface area (Å²) in [6.45, 7) is 7.07. The Hall–Kier alpha value is -2.03. The Morgan fingerprint density at radius 2 is 1.90 bits per heavy atom. The Morgan fingerprint density at radius 3 is 2.52 bits per heavy atom. The Balaban J connectivity index is 0.000000677. The smallest absolute Gasteiger partial charge is 0.251 e. The lowest BCUT2D eigenvalue weighted by Gasteiger charge is -2.05. The second kappa shape index (κ2) is 9.81. The highest BCUT2D eigenvalue weighted by molar-refractivity contribution is 5.95. The van der Waals surface area contributed by atoms with Gasteiger partial charge >= 0.3 is 0 Å². The topological polar surface area (TPSA) is 42.2 Å². The third-order valence-corrected chi connectivity index (χ3v) is 2.75. The van der Waals surface area contributed by atoms with E-state index in [1.54, 1.807) is 6.26 Å². The van der Waals surface area contributed by atoms with E-state index in [-0.39, 0.29) is 5.91 Å². The second-order valence-corrected chi connectivity index (χ2v) is 4.87. The van der Waals surface area contributed by atoms with Gasteiger partial charge in [-0.2, -0.15) is 0 Å². The van der Waals surface area contributed by atoms with E-state index >= 15 is 0 Å². The summed E-state index contributed by atoms with van der Waals surface area (Å²) in [7, 11) is 0. The summed E-state index contributed by atoms with van der Waals surface area (Å²) in [6, 6.07) is 11.2. The van der Waals surface area contributed by atoms with Crippen LogP contribution in [0.15, 0.2) is 47.1 Å². The third-order valence-electron chi connectivity index (χ3n) is 2.75. The first kappa shape index (κ1) is 17.0. The molecule has 0 saturated heterocycles. The van der Waals surface area contributed by atoms with Crippen LogP contribution in [-0.4, -0.2) is 12.5 Å². The van der Waals surface area contributed by atoms with E-state index in [0.29, 0.717) is 5.56 Å². The highest BCUT2D eigenvalue weighted by Gasteiger charge is 2.07. The average molecular weight is 287 g/mol. The molecule has 1 aromatic carbocycles. The van der Waals surface area contributed by atoms with Crippen molar-refractivity contribution < 1.29 is 9.21 Å². The van der Waals surface area contributed by atoms with Crippen LogP contribution in [0.4, 0.5) is 0 Å². The maximum absolute atomic E-state index is 11.9. The van der Waals surface area contributed by atoms with E-state index in [0.717, 1.165) is 30.7 Å². The fourth-order valence-corrected chi connectivity index (χ4v) is 1.74. The Kier molecular flexibility index (Phi) is 7.95. The summed E-state index contributed by atoms with van der Waals surface area (Å²) >= 11 is 0. The summed E-state index contributed by atoms with van der Waals surface area (Å²) in [4.78, 5) is 11.9. The zero-order chi connectivity index (χ0) is 15.5. The Bertz CT molecular complexity index is 518. The maximum Gasteiger partial charge on any atom is 0.251 e.